The van der Waals surface area contributed by atoms with Crippen molar-refractivity contribution in [2.75, 3.05) is 7.11 Å². The summed E-state index contributed by atoms with van der Waals surface area (Å²) in [5.41, 5.74) is 0.558. The summed E-state index contributed by atoms with van der Waals surface area (Å²) in [5, 5.41) is 0. The molecular weight excluding hydrogens is 376 g/mol. The van der Waals surface area contributed by atoms with Gasteiger partial charge in [-0.15, -0.1) is 0 Å². The van der Waals surface area contributed by atoms with E-state index in [4.69, 9.17) is 14.2 Å². The molecule has 0 spiro atoms. The van der Waals surface area contributed by atoms with Gasteiger partial charge in [-0.05, 0) is 60.1 Å². The zero-order chi connectivity index (χ0) is 17.7. The summed E-state index contributed by atoms with van der Waals surface area (Å²) in [6, 6.07) is 9.70. The second-order valence-corrected chi connectivity index (χ2v) is 6.05. The molecule has 6 heteroatoms. The van der Waals surface area contributed by atoms with Gasteiger partial charge in [-0.1, -0.05) is 6.07 Å². The lowest BCUT2D eigenvalue weighted by Crippen LogP contribution is -2.11. The lowest BCUT2D eigenvalue weighted by molar-refractivity contribution is 0.0728. The molecular formula is C18H17BrO5. The van der Waals surface area contributed by atoms with Crippen LogP contribution in [0.25, 0.3) is 0 Å². The minimum Gasteiger partial charge on any atom is -0.493 e. The van der Waals surface area contributed by atoms with Crippen molar-refractivity contribution in [3.05, 3.63) is 52.0 Å². The maximum absolute atomic E-state index is 12.4. The monoisotopic (exact) mass is 392 g/mol. The number of carbonyl (C=O) groups is 2. The van der Waals surface area contributed by atoms with Crippen LogP contribution >= 0.6 is 15.9 Å². The van der Waals surface area contributed by atoms with Gasteiger partial charge in [-0.25, -0.2) is 4.79 Å². The fraction of sp³-hybridized carbons (Fsp3) is 0.222. The predicted molar refractivity (Wildman–Crippen MR) is 93.2 cm³/mol. The second kappa shape index (κ2) is 7.97. The molecule has 0 amide bonds. The smallest absolute Gasteiger partial charge is 0.343 e. The topological polar surface area (TPSA) is 61.8 Å². The zero-order valence-corrected chi connectivity index (χ0v) is 15.1. The molecule has 126 valence electrons. The van der Waals surface area contributed by atoms with E-state index >= 15 is 0 Å². The molecule has 2 rings (SSSR count). The number of ether oxygens (including phenoxy) is 3. The van der Waals surface area contributed by atoms with Gasteiger partial charge in [0, 0.05) is 0 Å². The highest BCUT2D eigenvalue weighted by Crippen LogP contribution is 2.32. The predicted octanol–water partition coefficient (Wildman–Crippen LogP) is 4.28. The summed E-state index contributed by atoms with van der Waals surface area (Å²) in [5.74, 6) is 0.442. The fourth-order valence-corrected chi connectivity index (χ4v) is 2.50. The number of hydrogen-bond donors (Lipinski definition) is 0. The van der Waals surface area contributed by atoms with Gasteiger partial charge in [0.1, 0.15) is 5.75 Å². The van der Waals surface area contributed by atoms with Crippen LogP contribution in [0.2, 0.25) is 0 Å². The number of hydrogen-bond acceptors (Lipinski definition) is 5. The van der Waals surface area contributed by atoms with Gasteiger partial charge >= 0.3 is 5.97 Å². The lowest BCUT2D eigenvalue weighted by Gasteiger charge is -2.13. The Bertz CT molecular complexity index is 755. The summed E-state index contributed by atoms with van der Waals surface area (Å²) in [6.07, 6.45) is 0.628. The Morgan fingerprint density at radius 2 is 1.92 bits per heavy atom. The van der Waals surface area contributed by atoms with Gasteiger partial charge in [0.2, 0.25) is 0 Å². The largest absolute Gasteiger partial charge is 0.493 e. The van der Waals surface area contributed by atoms with Gasteiger partial charge in [0.15, 0.2) is 17.8 Å². The molecule has 0 aliphatic heterocycles. The summed E-state index contributed by atoms with van der Waals surface area (Å²) < 4.78 is 16.8. The molecule has 0 aromatic heterocycles. The first-order valence-electron chi connectivity index (χ1n) is 7.26. The van der Waals surface area contributed by atoms with Crippen molar-refractivity contribution in [3.8, 4) is 17.2 Å². The molecule has 0 saturated heterocycles. The number of aldehydes is 1. The van der Waals surface area contributed by atoms with E-state index in [2.05, 4.69) is 15.9 Å². The molecule has 0 bridgehead atoms. The van der Waals surface area contributed by atoms with E-state index in [1.165, 1.54) is 7.11 Å². The fourth-order valence-electron chi connectivity index (χ4n) is 2.02. The highest BCUT2D eigenvalue weighted by molar-refractivity contribution is 9.10. The van der Waals surface area contributed by atoms with E-state index in [9.17, 15) is 9.59 Å². The van der Waals surface area contributed by atoms with Crippen LogP contribution in [0.3, 0.4) is 0 Å². The van der Waals surface area contributed by atoms with Crippen LogP contribution in [0.15, 0.2) is 40.9 Å². The number of halogens is 1. The van der Waals surface area contributed by atoms with Crippen molar-refractivity contribution >= 4 is 28.2 Å². The first kappa shape index (κ1) is 18.0. The molecule has 5 nitrogen and oxygen atoms in total. The molecule has 0 atom stereocenters. The number of methoxy groups -OCH3 is 1. The van der Waals surface area contributed by atoms with Gasteiger partial charge in [-0.2, -0.15) is 0 Å². The third-order valence-corrected chi connectivity index (χ3v) is 3.70. The quantitative estimate of drug-likeness (QED) is 0.417. The van der Waals surface area contributed by atoms with Crippen LogP contribution in [0.1, 0.15) is 34.6 Å². The van der Waals surface area contributed by atoms with Crippen molar-refractivity contribution in [2.24, 2.45) is 0 Å². The molecule has 0 saturated carbocycles. The van der Waals surface area contributed by atoms with E-state index in [0.717, 1.165) is 0 Å². The molecule has 0 unspecified atom stereocenters. The van der Waals surface area contributed by atoms with Crippen molar-refractivity contribution < 1.29 is 23.8 Å². The maximum Gasteiger partial charge on any atom is 0.343 e. The Hall–Kier alpha value is -2.34. The van der Waals surface area contributed by atoms with Crippen molar-refractivity contribution in [2.45, 2.75) is 20.0 Å². The van der Waals surface area contributed by atoms with Crippen LogP contribution in [0, 0.1) is 0 Å². The van der Waals surface area contributed by atoms with E-state index in [0.29, 0.717) is 27.8 Å². The van der Waals surface area contributed by atoms with Crippen LogP contribution in [0.4, 0.5) is 0 Å². The number of carbonyl (C=O) groups excluding carboxylic acids is 2. The summed E-state index contributed by atoms with van der Waals surface area (Å²) >= 11 is 3.37. The SMILES string of the molecule is COc1cccc(C=O)c1OC(=O)c1ccc(OC(C)C)c(Br)c1. The summed E-state index contributed by atoms with van der Waals surface area (Å²) in [6.45, 7) is 3.83. The van der Waals surface area contributed by atoms with Gasteiger partial charge in [-0.3, -0.25) is 4.79 Å². The first-order chi connectivity index (χ1) is 11.5. The third-order valence-electron chi connectivity index (χ3n) is 3.08. The van der Waals surface area contributed by atoms with Crippen LogP contribution in [0.5, 0.6) is 17.2 Å². The first-order valence-corrected chi connectivity index (χ1v) is 8.06. The highest BCUT2D eigenvalue weighted by Gasteiger charge is 2.17. The maximum atomic E-state index is 12.4. The Morgan fingerprint density at radius 3 is 2.50 bits per heavy atom. The van der Waals surface area contributed by atoms with E-state index in [1.807, 2.05) is 13.8 Å². The van der Waals surface area contributed by atoms with E-state index < -0.39 is 5.97 Å². The average Bonchev–Trinajstić information content (AvgIpc) is 2.56. The minimum atomic E-state index is -0.598. The Morgan fingerprint density at radius 1 is 1.17 bits per heavy atom. The Labute approximate surface area is 148 Å². The molecule has 2 aromatic carbocycles. The molecule has 0 radical (unpaired) electrons. The highest BCUT2D eigenvalue weighted by atomic mass is 79.9. The Balaban J connectivity index is 2.28. The van der Waals surface area contributed by atoms with Crippen molar-refractivity contribution in [1.29, 1.82) is 0 Å². The average molecular weight is 393 g/mol. The number of esters is 1. The number of rotatable bonds is 6. The normalized spacial score (nSPS) is 10.4. The number of para-hydroxylation sites is 1. The molecule has 0 N–H and O–H groups in total. The van der Waals surface area contributed by atoms with Crippen LogP contribution in [-0.2, 0) is 0 Å². The second-order valence-electron chi connectivity index (χ2n) is 5.20. The van der Waals surface area contributed by atoms with Crippen LogP contribution < -0.4 is 14.2 Å². The molecule has 0 aliphatic rings. The van der Waals surface area contributed by atoms with E-state index in [1.54, 1.807) is 36.4 Å². The lowest BCUT2D eigenvalue weighted by atomic mass is 10.2. The molecule has 0 aliphatic carbocycles. The van der Waals surface area contributed by atoms with Gasteiger partial charge in [0.05, 0.1) is 28.8 Å². The van der Waals surface area contributed by atoms with Crippen molar-refractivity contribution in [1.82, 2.24) is 0 Å². The summed E-state index contributed by atoms with van der Waals surface area (Å²) in [4.78, 5) is 23.5. The molecule has 0 fully saturated rings. The zero-order valence-electron chi connectivity index (χ0n) is 13.5. The van der Waals surface area contributed by atoms with E-state index in [-0.39, 0.29) is 17.4 Å². The standard InChI is InChI=1S/C18H17BrO5/c1-11(2)23-15-8-7-12(9-14(15)19)18(21)24-17-13(10-20)5-4-6-16(17)22-3/h4-11H,1-3H3. The molecule has 2 aromatic rings. The van der Waals surface area contributed by atoms with Crippen LogP contribution in [-0.4, -0.2) is 25.5 Å². The summed E-state index contributed by atoms with van der Waals surface area (Å²) in [7, 11) is 1.44. The third kappa shape index (κ3) is 4.14. The van der Waals surface area contributed by atoms with Gasteiger partial charge < -0.3 is 14.2 Å². The Kier molecular flexibility index (Phi) is 5.98. The molecule has 24 heavy (non-hydrogen) atoms. The van der Waals surface area contributed by atoms with Gasteiger partial charge in [0.25, 0.3) is 0 Å². The minimum absolute atomic E-state index is 0.0165. The molecule has 0 heterocycles. The number of benzene rings is 2. The van der Waals surface area contributed by atoms with Crippen molar-refractivity contribution in [3.63, 3.8) is 0 Å².